The van der Waals surface area contributed by atoms with Gasteiger partial charge in [0.15, 0.2) is 0 Å². The lowest BCUT2D eigenvalue weighted by atomic mass is 10.0. The molecule has 0 saturated carbocycles. The van der Waals surface area contributed by atoms with E-state index in [0.29, 0.717) is 13.2 Å². The second-order valence-corrected chi connectivity index (χ2v) is 5.67. The van der Waals surface area contributed by atoms with Crippen molar-refractivity contribution in [2.75, 3.05) is 32.8 Å². The van der Waals surface area contributed by atoms with Gasteiger partial charge in [-0.25, -0.2) is 4.79 Å². The Morgan fingerprint density at radius 2 is 2.11 bits per heavy atom. The molecule has 3 heterocycles. The zero-order chi connectivity index (χ0) is 13.2. The van der Waals surface area contributed by atoms with Gasteiger partial charge in [-0.3, -0.25) is 0 Å². The van der Waals surface area contributed by atoms with Gasteiger partial charge < -0.3 is 19.3 Å². The minimum absolute atomic E-state index is 0.0573. The molecule has 3 rings (SSSR count). The number of amides is 2. The van der Waals surface area contributed by atoms with Crippen LogP contribution >= 0.6 is 0 Å². The van der Waals surface area contributed by atoms with E-state index in [9.17, 15) is 4.79 Å². The third kappa shape index (κ3) is 2.46. The highest BCUT2D eigenvalue weighted by atomic mass is 16.5. The second-order valence-electron chi connectivity index (χ2n) is 5.67. The zero-order valence-electron chi connectivity index (χ0n) is 11.7. The largest absolute Gasteiger partial charge is 0.374 e. The number of rotatable bonds is 2. The molecule has 2 amide bonds. The summed E-state index contributed by atoms with van der Waals surface area (Å²) in [6.45, 7) is 6.00. The number of fused-ring (bicyclic) bond motifs is 1. The highest BCUT2D eigenvalue weighted by Gasteiger charge is 2.47. The molecule has 0 radical (unpaired) electrons. The first-order valence-electron chi connectivity index (χ1n) is 7.60. The number of carbonyl (C=O) groups excluding carboxylic acids is 1. The molecule has 0 aliphatic carbocycles. The number of likely N-dealkylation sites (tertiary alicyclic amines) is 2. The van der Waals surface area contributed by atoms with Gasteiger partial charge in [-0.2, -0.15) is 0 Å². The molecule has 0 aromatic carbocycles. The Morgan fingerprint density at radius 1 is 1.32 bits per heavy atom. The van der Waals surface area contributed by atoms with Gasteiger partial charge in [0, 0.05) is 26.3 Å². The smallest absolute Gasteiger partial charge is 0.320 e. The van der Waals surface area contributed by atoms with Gasteiger partial charge in [-0.15, -0.1) is 0 Å². The van der Waals surface area contributed by atoms with Crippen LogP contribution in [0.15, 0.2) is 0 Å². The van der Waals surface area contributed by atoms with Crippen LogP contribution in [0.3, 0.4) is 0 Å². The molecule has 3 aliphatic heterocycles. The van der Waals surface area contributed by atoms with E-state index in [1.807, 2.05) is 16.7 Å². The van der Waals surface area contributed by atoms with E-state index >= 15 is 0 Å². The van der Waals surface area contributed by atoms with Crippen molar-refractivity contribution in [3.05, 3.63) is 0 Å². The molecule has 3 fully saturated rings. The molecule has 19 heavy (non-hydrogen) atoms. The van der Waals surface area contributed by atoms with Gasteiger partial charge in [0.25, 0.3) is 0 Å². The normalized spacial score (nSPS) is 34.7. The quantitative estimate of drug-likeness (QED) is 0.761. The van der Waals surface area contributed by atoms with Gasteiger partial charge in [-0.1, -0.05) is 0 Å². The average molecular weight is 268 g/mol. The molecule has 3 atom stereocenters. The van der Waals surface area contributed by atoms with Gasteiger partial charge in [-0.05, 0) is 32.6 Å². The van der Waals surface area contributed by atoms with Crippen LogP contribution in [0.1, 0.15) is 32.6 Å². The molecule has 0 aromatic heterocycles. The van der Waals surface area contributed by atoms with Gasteiger partial charge in [0.2, 0.25) is 0 Å². The Kier molecular flexibility index (Phi) is 3.93. The fourth-order valence-electron chi connectivity index (χ4n) is 3.58. The summed E-state index contributed by atoms with van der Waals surface area (Å²) in [7, 11) is 0. The van der Waals surface area contributed by atoms with Crippen molar-refractivity contribution >= 4 is 6.03 Å². The number of urea groups is 1. The highest BCUT2D eigenvalue weighted by Crippen LogP contribution is 2.31. The van der Waals surface area contributed by atoms with Crippen molar-refractivity contribution in [2.45, 2.75) is 50.9 Å². The standard InChI is InChI=1S/C14H24N2O3/c1-2-18-12-10-16(11-6-5-9-19-13(11)12)14(17)15-7-3-4-8-15/h11-13H,2-10H2,1H3/t11-,12-,13+/m0/s1. The van der Waals surface area contributed by atoms with Gasteiger partial charge >= 0.3 is 6.03 Å². The van der Waals surface area contributed by atoms with Crippen LogP contribution in [0.25, 0.3) is 0 Å². The lowest BCUT2D eigenvalue weighted by Crippen LogP contribution is -2.48. The topological polar surface area (TPSA) is 42.0 Å². The first-order chi connectivity index (χ1) is 9.31. The van der Waals surface area contributed by atoms with Crippen LogP contribution < -0.4 is 0 Å². The zero-order valence-corrected chi connectivity index (χ0v) is 11.7. The Bertz CT molecular complexity index is 331. The van der Waals surface area contributed by atoms with Crippen molar-refractivity contribution < 1.29 is 14.3 Å². The van der Waals surface area contributed by atoms with E-state index in [1.54, 1.807) is 0 Å². The maximum atomic E-state index is 12.6. The molecule has 0 N–H and O–H groups in total. The summed E-state index contributed by atoms with van der Waals surface area (Å²) in [6, 6.07) is 0.415. The van der Waals surface area contributed by atoms with Crippen molar-refractivity contribution in [2.24, 2.45) is 0 Å². The monoisotopic (exact) mass is 268 g/mol. The Morgan fingerprint density at radius 3 is 2.84 bits per heavy atom. The van der Waals surface area contributed by atoms with Gasteiger partial charge in [0.05, 0.1) is 12.6 Å². The molecule has 0 aromatic rings. The van der Waals surface area contributed by atoms with E-state index in [4.69, 9.17) is 9.47 Å². The van der Waals surface area contributed by atoms with E-state index in [1.165, 1.54) is 0 Å². The third-order valence-corrected chi connectivity index (χ3v) is 4.48. The fourth-order valence-corrected chi connectivity index (χ4v) is 3.58. The molecular formula is C14H24N2O3. The summed E-state index contributed by atoms with van der Waals surface area (Å²) in [6.07, 6.45) is 4.51. The average Bonchev–Trinajstić information content (AvgIpc) is 3.07. The van der Waals surface area contributed by atoms with E-state index in [0.717, 1.165) is 45.4 Å². The summed E-state index contributed by atoms with van der Waals surface area (Å²) in [5.74, 6) is 0. The van der Waals surface area contributed by atoms with Gasteiger partial charge in [0.1, 0.15) is 12.2 Å². The minimum Gasteiger partial charge on any atom is -0.374 e. The van der Waals surface area contributed by atoms with Crippen LogP contribution in [0.4, 0.5) is 4.79 Å². The van der Waals surface area contributed by atoms with Crippen LogP contribution in [-0.4, -0.2) is 66.9 Å². The number of carbonyl (C=O) groups is 1. The first kappa shape index (κ1) is 13.2. The first-order valence-corrected chi connectivity index (χ1v) is 7.60. The molecule has 5 heteroatoms. The van der Waals surface area contributed by atoms with E-state index in [2.05, 4.69) is 0 Å². The summed E-state index contributed by atoms with van der Waals surface area (Å²) in [5.41, 5.74) is 0. The lowest BCUT2D eigenvalue weighted by molar-refractivity contribution is -0.0737. The SMILES string of the molecule is CCO[C@H]1CN(C(=O)N2CCCC2)[C@H]2CCCO[C@@H]12. The van der Waals surface area contributed by atoms with Crippen molar-refractivity contribution in [1.29, 1.82) is 0 Å². The summed E-state index contributed by atoms with van der Waals surface area (Å²) >= 11 is 0. The lowest BCUT2D eigenvalue weighted by Gasteiger charge is -2.33. The number of hydrogen-bond donors (Lipinski definition) is 0. The van der Waals surface area contributed by atoms with Crippen LogP contribution in [0, 0.1) is 0 Å². The van der Waals surface area contributed by atoms with Crippen molar-refractivity contribution in [3.8, 4) is 0 Å². The van der Waals surface area contributed by atoms with Crippen LogP contribution in [0.2, 0.25) is 0 Å². The molecule has 5 nitrogen and oxygen atoms in total. The molecule has 0 spiro atoms. The van der Waals surface area contributed by atoms with Crippen molar-refractivity contribution in [1.82, 2.24) is 9.80 Å². The molecule has 108 valence electrons. The predicted molar refractivity (Wildman–Crippen MR) is 71.1 cm³/mol. The number of nitrogens with zero attached hydrogens (tertiary/aromatic N) is 2. The van der Waals surface area contributed by atoms with Crippen LogP contribution in [0.5, 0.6) is 0 Å². The molecular weight excluding hydrogens is 244 g/mol. The van der Waals surface area contributed by atoms with Crippen LogP contribution in [-0.2, 0) is 9.47 Å². The molecule has 0 unspecified atom stereocenters. The summed E-state index contributed by atoms with van der Waals surface area (Å²) in [5, 5.41) is 0. The fraction of sp³-hybridized carbons (Fsp3) is 0.929. The van der Waals surface area contributed by atoms with Crippen molar-refractivity contribution in [3.63, 3.8) is 0 Å². The Hall–Kier alpha value is -0.810. The van der Waals surface area contributed by atoms with E-state index in [-0.39, 0.29) is 24.3 Å². The minimum atomic E-state index is 0.0573. The number of hydrogen-bond acceptors (Lipinski definition) is 3. The number of ether oxygens (including phenoxy) is 2. The van der Waals surface area contributed by atoms with E-state index < -0.39 is 0 Å². The predicted octanol–water partition coefficient (Wildman–Crippen LogP) is 1.47. The Labute approximate surface area is 114 Å². The maximum Gasteiger partial charge on any atom is 0.320 e. The summed E-state index contributed by atoms with van der Waals surface area (Å²) in [4.78, 5) is 16.6. The summed E-state index contributed by atoms with van der Waals surface area (Å²) < 4.78 is 11.7. The third-order valence-electron chi connectivity index (χ3n) is 4.48. The highest BCUT2D eigenvalue weighted by molar-refractivity contribution is 5.75. The second kappa shape index (κ2) is 5.67. The molecule has 3 saturated heterocycles. The maximum absolute atomic E-state index is 12.6. The Balaban J connectivity index is 1.71. The molecule has 0 bridgehead atoms. The molecule has 3 aliphatic rings.